The largest absolute Gasteiger partial charge is 0.481 e. The summed E-state index contributed by atoms with van der Waals surface area (Å²) in [4.78, 5) is 98.4. The van der Waals surface area contributed by atoms with Gasteiger partial charge < -0.3 is 53.4 Å². The van der Waals surface area contributed by atoms with E-state index in [2.05, 4.69) is 26.6 Å². The van der Waals surface area contributed by atoms with Crippen LogP contribution in [0.15, 0.2) is 30.3 Å². The van der Waals surface area contributed by atoms with Crippen LogP contribution in [0.4, 0.5) is 0 Å². The van der Waals surface area contributed by atoms with Crippen molar-refractivity contribution in [2.45, 2.75) is 89.1 Å². The summed E-state index contributed by atoms with van der Waals surface area (Å²) in [5, 5.41) is 40.0. The van der Waals surface area contributed by atoms with Crippen molar-refractivity contribution in [1.82, 2.24) is 26.6 Å². The van der Waals surface area contributed by atoms with E-state index in [1.54, 1.807) is 44.2 Å². The molecule has 1 aromatic carbocycles. The molecule has 1 aromatic rings. The number of aliphatic hydroxyl groups is 1. The molecular formula is C30H45N7O11. The normalized spacial score (nSPS) is 14.6. The Bertz CT molecular complexity index is 1310. The maximum Gasteiger partial charge on any atom is 0.326 e. The van der Waals surface area contributed by atoms with E-state index in [0.717, 1.165) is 0 Å². The van der Waals surface area contributed by atoms with Crippen LogP contribution in [0.2, 0.25) is 0 Å². The highest BCUT2D eigenvalue weighted by molar-refractivity contribution is 5.96. The number of carboxylic acid groups (broad SMARTS) is 2. The standard InChI is InChI=1S/C30H45N7O11/c1-15(2)11-21(30(47)48)36-28(45)20(12-17-7-5-4-6-8-17)35-25(42)16(3)33-29(46)22(14-38)37-27(44)19(9-10-24(40)41)34-26(43)18(31)13-23(32)39/h4-8,15-16,18-22,38H,9-14,31H2,1-3H3,(H2,32,39)(H,33,46)(H,34,43)(H,35,42)(H,36,45)(H,37,44)(H,40,41)(H,47,48)/t16-,18-,19-,20-,21-,22-/m0/s1. The quantitative estimate of drug-likeness (QED) is 0.0617. The van der Waals surface area contributed by atoms with Crippen molar-refractivity contribution in [3.63, 3.8) is 0 Å². The number of aliphatic carboxylic acids is 2. The molecule has 0 radical (unpaired) electrons. The number of primary amides is 1. The van der Waals surface area contributed by atoms with Crippen molar-refractivity contribution in [3.05, 3.63) is 35.9 Å². The maximum absolute atomic E-state index is 13.2. The van der Waals surface area contributed by atoms with Gasteiger partial charge in [-0.25, -0.2) is 4.79 Å². The van der Waals surface area contributed by atoms with E-state index in [9.17, 15) is 48.6 Å². The second-order valence-electron chi connectivity index (χ2n) is 11.5. The molecule has 12 N–H and O–H groups in total. The molecule has 0 saturated heterocycles. The minimum absolute atomic E-state index is 0.0189. The van der Waals surface area contributed by atoms with Gasteiger partial charge in [0.05, 0.1) is 19.1 Å². The molecule has 0 aliphatic carbocycles. The van der Waals surface area contributed by atoms with Crippen molar-refractivity contribution in [1.29, 1.82) is 0 Å². The van der Waals surface area contributed by atoms with Gasteiger partial charge in [-0.2, -0.15) is 0 Å². The number of nitrogens with two attached hydrogens (primary N) is 2. The van der Waals surface area contributed by atoms with Crippen LogP contribution in [0.1, 0.15) is 52.0 Å². The summed E-state index contributed by atoms with van der Waals surface area (Å²) in [6, 6.07) is 0.0996. The van der Waals surface area contributed by atoms with Gasteiger partial charge in [0.25, 0.3) is 0 Å². The number of carboxylic acids is 2. The van der Waals surface area contributed by atoms with Gasteiger partial charge in [0.1, 0.15) is 30.2 Å². The van der Waals surface area contributed by atoms with Gasteiger partial charge in [-0.05, 0) is 31.2 Å². The number of benzene rings is 1. The fourth-order valence-electron chi connectivity index (χ4n) is 4.29. The summed E-state index contributed by atoms with van der Waals surface area (Å²) >= 11 is 0. The summed E-state index contributed by atoms with van der Waals surface area (Å²) in [7, 11) is 0. The van der Waals surface area contributed by atoms with E-state index in [4.69, 9.17) is 16.6 Å². The summed E-state index contributed by atoms with van der Waals surface area (Å²) in [6.45, 7) is 3.85. The van der Waals surface area contributed by atoms with Gasteiger partial charge in [0.15, 0.2) is 0 Å². The lowest BCUT2D eigenvalue weighted by Crippen LogP contribution is -2.59. The van der Waals surface area contributed by atoms with Crippen LogP contribution >= 0.6 is 0 Å². The Balaban J connectivity index is 3.03. The highest BCUT2D eigenvalue weighted by Gasteiger charge is 2.32. The number of hydrogen-bond acceptors (Lipinski definition) is 10. The summed E-state index contributed by atoms with van der Waals surface area (Å²) in [6.07, 6.45) is -1.48. The van der Waals surface area contributed by atoms with Crippen LogP contribution in [-0.4, -0.2) is 106 Å². The molecule has 0 heterocycles. The molecular weight excluding hydrogens is 634 g/mol. The van der Waals surface area contributed by atoms with Gasteiger partial charge in [0.2, 0.25) is 35.4 Å². The second-order valence-corrected chi connectivity index (χ2v) is 11.5. The lowest BCUT2D eigenvalue weighted by molar-refractivity contribution is -0.142. The molecule has 18 nitrogen and oxygen atoms in total. The van der Waals surface area contributed by atoms with Gasteiger partial charge >= 0.3 is 11.9 Å². The zero-order valence-electron chi connectivity index (χ0n) is 26.9. The molecule has 0 saturated carbocycles. The van der Waals surface area contributed by atoms with E-state index >= 15 is 0 Å². The van der Waals surface area contributed by atoms with Crippen molar-refractivity contribution in [3.8, 4) is 0 Å². The molecule has 0 unspecified atom stereocenters. The second kappa shape index (κ2) is 20.2. The SMILES string of the molecule is CC(C)C[C@H](NC(=O)[C@H](Cc1ccccc1)NC(=O)[C@H](C)NC(=O)[C@H](CO)NC(=O)[C@H](CCC(=O)O)NC(=O)[C@@H](N)CC(N)=O)C(=O)O. The molecule has 18 heteroatoms. The van der Waals surface area contributed by atoms with Crippen LogP contribution in [0.3, 0.4) is 0 Å². The first kappa shape index (κ1) is 40.9. The fraction of sp³-hybridized carbons (Fsp3) is 0.533. The third-order valence-corrected chi connectivity index (χ3v) is 6.84. The van der Waals surface area contributed by atoms with Crippen molar-refractivity contribution >= 4 is 47.4 Å². The predicted molar refractivity (Wildman–Crippen MR) is 168 cm³/mol. The zero-order chi connectivity index (χ0) is 36.6. The fourth-order valence-corrected chi connectivity index (χ4v) is 4.29. The molecule has 6 atom stereocenters. The van der Waals surface area contributed by atoms with E-state index in [1.807, 2.05) is 0 Å². The van der Waals surface area contributed by atoms with E-state index in [0.29, 0.717) is 5.56 Å². The lowest BCUT2D eigenvalue weighted by Gasteiger charge is -2.25. The average molecular weight is 680 g/mol. The molecule has 266 valence electrons. The first-order valence-corrected chi connectivity index (χ1v) is 15.1. The van der Waals surface area contributed by atoms with E-state index in [1.165, 1.54) is 6.92 Å². The number of nitrogens with one attached hydrogen (secondary N) is 5. The monoisotopic (exact) mass is 679 g/mol. The zero-order valence-corrected chi connectivity index (χ0v) is 26.9. The first-order chi connectivity index (χ1) is 22.4. The molecule has 0 spiro atoms. The number of hydrogen-bond donors (Lipinski definition) is 10. The molecule has 48 heavy (non-hydrogen) atoms. The van der Waals surface area contributed by atoms with Crippen LogP contribution in [0.5, 0.6) is 0 Å². The van der Waals surface area contributed by atoms with E-state index in [-0.39, 0.29) is 18.8 Å². The smallest absolute Gasteiger partial charge is 0.326 e. The van der Waals surface area contributed by atoms with Crippen molar-refractivity contribution in [2.75, 3.05) is 6.61 Å². The molecule has 0 bridgehead atoms. The average Bonchev–Trinajstić information content (AvgIpc) is 3.00. The first-order valence-electron chi connectivity index (χ1n) is 15.1. The molecule has 0 aromatic heterocycles. The highest BCUT2D eigenvalue weighted by atomic mass is 16.4. The van der Waals surface area contributed by atoms with Crippen molar-refractivity contribution in [2.24, 2.45) is 17.4 Å². The van der Waals surface area contributed by atoms with E-state index < -0.39 is 110 Å². The lowest BCUT2D eigenvalue weighted by atomic mass is 10.0. The van der Waals surface area contributed by atoms with Gasteiger partial charge in [-0.15, -0.1) is 0 Å². The number of aliphatic hydroxyl groups excluding tert-OH is 1. The Morgan fingerprint density at radius 1 is 0.708 bits per heavy atom. The number of rotatable bonds is 21. The topological polar surface area (TPSA) is 309 Å². The third kappa shape index (κ3) is 15.0. The Morgan fingerprint density at radius 3 is 1.75 bits per heavy atom. The van der Waals surface area contributed by atoms with Crippen LogP contribution < -0.4 is 38.1 Å². The molecule has 0 aliphatic heterocycles. The minimum atomic E-state index is -1.67. The minimum Gasteiger partial charge on any atom is -0.481 e. The van der Waals surface area contributed by atoms with Crippen LogP contribution in [0.25, 0.3) is 0 Å². The predicted octanol–water partition coefficient (Wildman–Crippen LogP) is -3.14. The summed E-state index contributed by atoms with van der Waals surface area (Å²) < 4.78 is 0. The number of amides is 6. The van der Waals surface area contributed by atoms with Gasteiger partial charge in [-0.1, -0.05) is 44.2 Å². The Morgan fingerprint density at radius 2 is 1.23 bits per heavy atom. The molecule has 0 fully saturated rings. The maximum atomic E-state index is 13.2. The highest BCUT2D eigenvalue weighted by Crippen LogP contribution is 2.08. The van der Waals surface area contributed by atoms with Crippen LogP contribution in [0, 0.1) is 5.92 Å². The molecule has 0 aliphatic rings. The van der Waals surface area contributed by atoms with Gasteiger partial charge in [-0.3, -0.25) is 33.6 Å². The molecule has 6 amide bonds. The summed E-state index contributed by atoms with van der Waals surface area (Å²) in [5.41, 5.74) is 11.2. The Labute approximate surface area is 276 Å². The number of carbonyl (C=O) groups is 8. The van der Waals surface area contributed by atoms with Crippen molar-refractivity contribution < 1.29 is 53.7 Å². The number of carbonyl (C=O) groups excluding carboxylic acids is 6. The third-order valence-electron chi connectivity index (χ3n) is 6.84. The Kier molecular flexibility index (Phi) is 17.2. The Hall–Kier alpha value is -5.10. The van der Waals surface area contributed by atoms with Crippen LogP contribution in [-0.2, 0) is 44.8 Å². The summed E-state index contributed by atoms with van der Waals surface area (Å²) in [5.74, 6) is -8.27. The molecule has 1 rings (SSSR count). The van der Waals surface area contributed by atoms with Gasteiger partial charge in [0, 0.05) is 12.8 Å².